The zero-order chi connectivity index (χ0) is 17.1. The fourth-order valence-corrected chi connectivity index (χ4v) is 2.73. The molecule has 7 heteroatoms. The number of halogens is 2. The van der Waals surface area contributed by atoms with E-state index in [1.54, 1.807) is 4.90 Å². The van der Waals surface area contributed by atoms with Crippen molar-refractivity contribution < 1.29 is 13.6 Å². The summed E-state index contributed by atoms with van der Waals surface area (Å²) in [5, 5.41) is 11.5. The van der Waals surface area contributed by atoms with Crippen LogP contribution < -0.4 is 10.2 Å². The summed E-state index contributed by atoms with van der Waals surface area (Å²) >= 11 is 0. The number of carbonyl (C=O) groups is 1. The average Bonchev–Trinajstić information content (AvgIpc) is 3.03. The normalized spacial score (nSPS) is 16.7. The second-order valence-corrected chi connectivity index (χ2v) is 5.52. The lowest BCUT2D eigenvalue weighted by atomic mass is 10.2. The third-order valence-electron chi connectivity index (χ3n) is 3.90. The first-order valence-electron chi connectivity index (χ1n) is 7.44. The summed E-state index contributed by atoms with van der Waals surface area (Å²) in [4.78, 5) is 17.7. The Morgan fingerprint density at radius 3 is 2.67 bits per heavy atom. The van der Waals surface area contributed by atoms with Crippen molar-refractivity contribution in [3.63, 3.8) is 0 Å². The SMILES string of the molecule is N#Cc1ccc(C(=O)NC2CCN(c3c(F)cccc3F)C2)nc1. The summed E-state index contributed by atoms with van der Waals surface area (Å²) in [7, 11) is 0. The highest BCUT2D eigenvalue weighted by Gasteiger charge is 2.28. The molecule has 1 aliphatic heterocycles. The maximum absolute atomic E-state index is 13.8. The molecule has 1 amide bonds. The molecule has 1 aromatic carbocycles. The summed E-state index contributed by atoms with van der Waals surface area (Å²) in [6.45, 7) is 0.767. The Hall–Kier alpha value is -3.01. The summed E-state index contributed by atoms with van der Waals surface area (Å²) in [6, 6.07) is 8.43. The first-order chi connectivity index (χ1) is 11.6. The van der Waals surface area contributed by atoms with Gasteiger partial charge in [0, 0.05) is 25.3 Å². The molecule has 1 aliphatic rings. The summed E-state index contributed by atoms with van der Waals surface area (Å²) < 4.78 is 27.6. The molecule has 122 valence electrons. The molecule has 0 bridgehead atoms. The van der Waals surface area contributed by atoms with Crippen LogP contribution in [0.2, 0.25) is 0 Å². The molecule has 24 heavy (non-hydrogen) atoms. The number of amides is 1. The highest BCUT2D eigenvalue weighted by atomic mass is 19.1. The Labute approximate surface area is 137 Å². The van der Waals surface area contributed by atoms with Crippen molar-refractivity contribution in [2.24, 2.45) is 0 Å². The van der Waals surface area contributed by atoms with Crippen molar-refractivity contribution in [3.05, 3.63) is 59.4 Å². The van der Waals surface area contributed by atoms with Gasteiger partial charge in [-0.15, -0.1) is 0 Å². The second-order valence-electron chi connectivity index (χ2n) is 5.52. The summed E-state index contributed by atoms with van der Waals surface area (Å²) in [5.41, 5.74) is 0.504. The van der Waals surface area contributed by atoms with Gasteiger partial charge in [0.15, 0.2) is 0 Å². The van der Waals surface area contributed by atoms with Gasteiger partial charge in [0.25, 0.3) is 5.91 Å². The number of hydrogen-bond acceptors (Lipinski definition) is 4. The Morgan fingerprint density at radius 1 is 1.29 bits per heavy atom. The fourth-order valence-electron chi connectivity index (χ4n) is 2.73. The van der Waals surface area contributed by atoms with E-state index in [4.69, 9.17) is 5.26 Å². The van der Waals surface area contributed by atoms with E-state index >= 15 is 0 Å². The number of pyridine rings is 1. The van der Waals surface area contributed by atoms with Crippen molar-refractivity contribution in [2.45, 2.75) is 12.5 Å². The maximum atomic E-state index is 13.8. The van der Waals surface area contributed by atoms with Gasteiger partial charge < -0.3 is 10.2 Å². The Bertz CT molecular complexity index is 781. The Balaban J connectivity index is 1.65. The minimum Gasteiger partial charge on any atom is -0.365 e. The third-order valence-corrected chi connectivity index (χ3v) is 3.90. The van der Waals surface area contributed by atoms with Gasteiger partial charge in [0.1, 0.15) is 29.1 Å². The molecule has 3 rings (SSSR count). The number of hydrogen-bond donors (Lipinski definition) is 1. The quantitative estimate of drug-likeness (QED) is 0.938. The van der Waals surface area contributed by atoms with E-state index in [1.165, 1.54) is 36.5 Å². The van der Waals surface area contributed by atoms with Gasteiger partial charge in [-0.3, -0.25) is 4.79 Å². The summed E-state index contributed by atoms with van der Waals surface area (Å²) in [6.07, 6.45) is 1.90. The van der Waals surface area contributed by atoms with Crippen LogP contribution >= 0.6 is 0 Å². The number of rotatable bonds is 3. The van der Waals surface area contributed by atoms with Gasteiger partial charge >= 0.3 is 0 Å². The molecule has 5 nitrogen and oxygen atoms in total. The van der Waals surface area contributed by atoms with Crippen LogP contribution in [0, 0.1) is 23.0 Å². The highest BCUT2D eigenvalue weighted by Crippen LogP contribution is 2.26. The van der Waals surface area contributed by atoms with Crippen LogP contribution in [0.5, 0.6) is 0 Å². The maximum Gasteiger partial charge on any atom is 0.270 e. The van der Waals surface area contributed by atoms with E-state index in [1.807, 2.05) is 6.07 Å². The molecule has 1 saturated heterocycles. The van der Waals surface area contributed by atoms with E-state index in [9.17, 15) is 13.6 Å². The van der Waals surface area contributed by atoms with Crippen LogP contribution in [-0.2, 0) is 0 Å². The third kappa shape index (κ3) is 3.18. The zero-order valence-electron chi connectivity index (χ0n) is 12.7. The minimum atomic E-state index is -0.615. The number of nitriles is 1. The molecule has 1 unspecified atom stereocenters. The Morgan fingerprint density at radius 2 is 2.04 bits per heavy atom. The molecule has 1 atom stereocenters. The zero-order valence-corrected chi connectivity index (χ0v) is 12.7. The molecule has 0 aliphatic carbocycles. The van der Waals surface area contributed by atoms with Crippen molar-refractivity contribution >= 4 is 11.6 Å². The van der Waals surface area contributed by atoms with Gasteiger partial charge in [-0.1, -0.05) is 6.07 Å². The van der Waals surface area contributed by atoms with Crippen LogP contribution in [0.3, 0.4) is 0 Å². The molecular weight excluding hydrogens is 314 g/mol. The Kier molecular flexibility index (Phi) is 4.38. The van der Waals surface area contributed by atoms with E-state index in [0.717, 1.165) is 0 Å². The topological polar surface area (TPSA) is 69.0 Å². The molecule has 1 aromatic heterocycles. The largest absolute Gasteiger partial charge is 0.365 e. The number of anilines is 1. The molecule has 0 saturated carbocycles. The van der Waals surface area contributed by atoms with Crippen LogP contribution in [0.4, 0.5) is 14.5 Å². The highest BCUT2D eigenvalue weighted by molar-refractivity contribution is 5.92. The van der Waals surface area contributed by atoms with Crippen LogP contribution in [0.25, 0.3) is 0 Å². The van der Waals surface area contributed by atoms with Gasteiger partial charge in [0.2, 0.25) is 0 Å². The van der Waals surface area contributed by atoms with E-state index in [-0.39, 0.29) is 23.3 Å². The van der Waals surface area contributed by atoms with Crippen molar-refractivity contribution in [1.82, 2.24) is 10.3 Å². The van der Waals surface area contributed by atoms with Gasteiger partial charge in [-0.2, -0.15) is 5.26 Å². The minimum absolute atomic E-state index is 0.0641. The number of benzene rings is 1. The first-order valence-corrected chi connectivity index (χ1v) is 7.44. The molecule has 2 heterocycles. The monoisotopic (exact) mass is 328 g/mol. The number of aromatic nitrogens is 1. The second kappa shape index (κ2) is 6.62. The van der Waals surface area contributed by atoms with Crippen LogP contribution in [-0.4, -0.2) is 30.0 Å². The van der Waals surface area contributed by atoms with E-state index < -0.39 is 11.6 Å². The molecule has 2 aromatic rings. The molecular formula is C17H14F2N4O. The number of nitrogens with zero attached hydrogens (tertiary/aromatic N) is 3. The molecule has 0 radical (unpaired) electrons. The predicted octanol–water partition coefficient (Wildman–Crippen LogP) is 2.24. The smallest absolute Gasteiger partial charge is 0.270 e. The fraction of sp³-hybridized carbons (Fsp3) is 0.235. The van der Waals surface area contributed by atoms with Gasteiger partial charge in [-0.05, 0) is 30.7 Å². The predicted molar refractivity (Wildman–Crippen MR) is 83.4 cm³/mol. The van der Waals surface area contributed by atoms with Gasteiger partial charge in [0.05, 0.1) is 5.56 Å². The first kappa shape index (κ1) is 15.9. The summed E-state index contributed by atoms with van der Waals surface area (Å²) in [5.74, 6) is -1.60. The van der Waals surface area contributed by atoms with Crippen LogP contribution in [0.15, 0.2) is 36.5 Å². The lowest BCUT2D eigenvalue weighted by Gasteiger charge is -2.20. The molecule has 0 spiro atoms. The lowest BCUT2D eigenvalue weighted by molar-refractivity contribution is 0.0935. The number of para-hydroxylation sites is 1. The number of nitrogens with one attached hydrogen (secondary N) is 1. The average molecular weight is 328 g/mol. The molecule has 1 N–H and O–H groups in total. The standard InChI is InChI=1S/C17H14F2N4O/c18-13-2-1-3-14(19)16(13)23-7-6-12(10-23)22-17(24)15-5-4-11(8-20)9-21-15/h1-5,9,12H,6-7,10H2,(H,22,24). The van der Waals surface area contributed by atoms with Crippen LogP contribution in [0.1, 0.15) is 22.5 Å². The lowest BCUT2D eigenvalue weighted by Crippen LogP contribution is -2.37. The van der Waals surface area contributed by atoms with Crippen molar-refractivity contribution in [2.75, 3.05) is 18.0 Å². The van der Waals surface area contributed by atoms with E-state index in [0.29, 0.717) is 25.1 Å². The van der Waals surface area contributed by atoms with Gasteiger partial charge in [-0.25, -0.2) is 13.8 Å². The molecule has 1 fully saturated rings. The number of carbonyl (C=O) groups excluding carboxylic acids is 1. The van der Waals surface area contributed by atoms with E-state index in [2.05, 4.69) is 10.3 Å². The van der Waals surface area contributed by atoms with Crippen molar-refractivity contribution in [3.8, 4) is 6.07 Å². The van der Waals surface area contributed by atoms with Crippen molar-refractivity contribution in [1.29, 1.82) is 5.26 Å².